The highest BCUT2D eigenvalue weighted by Gasteiger charge is 2.33. The maximum atomic E-state index is 13.0. The Morgan fingerprint density at radius 1 is 1.14 bits per heavy atom. The van der Waals surface area contributed by atoms with Gasteiger partial charge < -0.3 is 5.32 Å². The highest BCUT2D eigenvalue weighted by atomic mass is 32.2. The topological polar surface area (TPSA) is 87.6 Å². The molecule has 1 amide bonds. The van der Waals surface area contributed by atoms with Gasteiger partial charge in [0.25, 0.3) is 10.0 Å². The molecule has 2 N–H and O–H groups in total. The molecule has 1 aliphatic heterocycles. The molecule has 0 saturated carbocycles. The van der Waals surface area contributed by atoms with Gasteiger partial charge in [-0.3, -0.25) is 14.5 Å². The SMILES string of the molecule is CC(C)[C@H](N=C1NS(=O)(=O)c2ccccc21)C(=O)N[C@@H]1CCc2ccccc21. The molecule has 2 atom stereocenters. The van der Waals surface area contributed by atoms with Crippen LogP contribution in [0.5, 0.6) is 0 Å². The summed E-state index contributed by atoms with van der Waals surface area (Å²) in [6.07, 6.45) is 1.80. The third kappa shape index (κ3) is 3.30. The number of carbonyl (C=O) groups excluding carboxylic acids is 1. The summed E-state index contributed by atoms with van der Waals surface area (Å²) in [6, 6.07) is 14.1. The molecular weight excluding hydrogens is 374 g/mol. The molecule has 2 aromatic carbocycles. The van der Waals surface area contributed by atoms with Gasteiger partial charge in [-0.05, 0) is 42.0 Å². The van der Waals surface area contributed by atoms with Crippen molar-refractivity contribution in [1.82, 2.24) is 10.0 Å². The van der Waals surface area contributed by atoms with Crippen LogP contribution in [0.2, 0.25) is 0 Å². The predicted octanol–water partition coefficient (Wildman–Crippen LogP) is 2.55. The summed E-state index contributed by atoms with van der Waals surface area (Å²) in [6.45, 7) is 3.82. The average molecular weight is 398 g/mol. The Balaban J connectivity index is 1.61. The fourth-order valence-electron chi connectivity index (χ4n) is 3.84. The van der Waals surface area contributed by atoms with Crippen LogP contribution in [0.25, 0.3) is 0 Å². The van der Waals surface area contributed by atoms with Crippen molar-refractivity contribution in [2.24, 2.45) is 10.9 Å². The second kappa shape index (κ2) is 7.05. The van der Waals surface area contributed by atoms with Gasteiger partial charge in [-0.25, -0.2) is 8.42 Å². The number of carbonyl (C=O) groups is 1. The van der Waals surface area contributed by atoms with E-state index in [0.717, 1.165) is 18.4 Å². The lowest BCUT2D eigenvalue weighted by atomic mass is 10.0. The Hall–Kier alpha value is -2.67. The lowest BCUT2D eigenvalue weighted by Gasteiger charge is -2.21. The van der Waals surface area contributed by atoms with Crippen LogP contribution in [-0.2, 0) is 21.2 Å². The van der Waals surface area contributed by atoms with Crippen LogP contribution in [0.3, 0.4) is 0 Å². The highest BCUT2D eigenvalue weighted by molar-refractivity contribution is 7.90. The molecule has 0 fully saturated rings. The standard InChI is InChI=1S/C21H23N3O3S/c1-13(2)19(21(25)22-17-12-11-14-7-3-4-8-15(14)17)23-20-16-9-5-6-10-18(16)28(26,27)24-20/h3-10,13,17,19H,11-12H2,1-2H3,(H,22,25)(H,23,24)/t17-,19+/m1/s1. The number of amidine groups is 1. The summed E-state index contributed by atoms with van der Waals surface area (Å²) >= 11 is 0. The first-order valence-electron chi connectivity index (χ1n) is 9.45. The van der Waals surface area contributed by atoms with Gasteiger partial charge in [0.05, 0.1) is 10.9 Å². The largest absolute Gasteiger partial charge is 0.347 e. The zero-order valence-electron chi connectivity index (χ0n) is 15.8. The number of hydrogen-bond donors (Lipinski definition) is 2. The maximum Gasteiger partial charge on any atom is 0.263 e. The van der Waals surface area contributed by atoms with Crippen molar-refractivity contribution in [3.8, 4) is 0 Å². The van der Waals surface area contributed by atoms with E-state index in [1.165, 1.54) is 5.56 Å². The molecule has 146 valence electrons. The van der Waals surface area contributed by atoms with E-state index in [4.69, 9.17) is 0 Å². The molecule has 0 unspecified atom stereocenters. The van der Waals surface area contributed by atoms with Crippen LogP contribution in [0, 0.1) is 5.92 Å². The van der Waals surface area contributed by atoms with Crippen LogP contribution in [0.1, 0.15) is 43.0 Å². The van der Waals surface area contributed by atoms with Crippen LogP contribution in [0.4, 0.5) is 0 Å². The molecule has 0 radical (unpaired) electrons. The fourth-order valence-corrected chi connectivity index (χ4v) is 5.08. The lowest BCUT2D eigenvalue weighted by molar-refractivity contribution is -0.123. The number of aryl methyl sites for hydroxylation is 1. The van der Waals surface area contributed by atoms with E-state index in [2.05, 4.69) is 21.1 Å². The van der Waals surface area contributed by atoms with Crippen molar-refractivity contribution < 1.29 is 13.2 Å². The van der Waals surface area contributed by atoms with Gasteiger partial charge >= 0.3 is 0 Å². The minimum atomic E-state index is -3.63. The minimum Gasteiger partial charge on any atom is -0.347 e. The fraction of sp³-hybridized carbons (Fsp3) is 0.333. The third-order valence-corrected chi connectivity index (χ3v) is 6.68. The Morgan fingerprint density at radius 3 is 2.64 bits per heavy atom. The maximum absolute atomic E-state index is 13.0. The first-order chi connectivity index (χ1) is 13.4. The number of amides is 1. The van der Waals surface area contributed by atoms with Gasteiger partial charge in [-0.1, -0.05) is 50.2 Å². The number of nitrogens with zero attached hydrogens (tertiary/aromatic N) is 1. The molecule has 2 aliphatic rings. The first-order valence-corrected chi connectivity index (χ1v) is 10.9. The molecule has 0 saturated heterocycles. The monoisotopic (exact) mass is 397 g/mol. The smallest absolute Gasteiger partial charge is 0.263 e. The van der Waals surface area contributed by atoms with Crippen molar-refractivity contribution in [3.05, 3.63) is 65.2 Å². The number of fused-ring (bicyclic) bond motifs is 2. The van der Waals surface area contributed by atoms with Crippen molar-refractivity contribution in [1.29, 1.82) is 0 Å². The third-order valence-electron chi connectivity index (χ3n) is 5.28. The molecule has 2 aromatic rings. The molecular formula is C21H23N3O3S. The average Bonchev–Trinajstić information content (AvgIpc) is 3.18. The molecule has 0 aromatic heterocycles. The summed E-state index contributed by atoms with van der Waals surface area (Å²) in [5.74, 6) is -0.0366. The van der Waals surface area contributed by atoms with E-state index in [9.17, 15) is 13.2 Å². The number of sulfonamides is 1. The summed E-state index contributed by atoms with van der Waals surface area (Å²) in [5, 5.41) is 3.11. The molecule has 28 heavy (non-hydrogen) atoms. The summed E-state index contributed by atoms with van der Waals surface area (Å²) in [5.41, 5.74) is 2.92. The Bertz CT molecular complexity index is 1060. The Labute approximate surface area is 165 Å². The zero-order chi connectivity index (χ0) is 19.9. The number of hydrogen-bond acceptors (Lipinski definition) is 4. The Kier molecular flexibility index (Phi) is 4.71. The van der Waals surface area contributed by atoms with Crippen molar-refractivity contribution >= 4 is 21.8 Å². The van der Waals surface area contributed by atoms with Crippen LogP contribution >= 0.6 is 0 Å². The number of benzene rings is 2. The van der Waals surface area contributed by atoms with Gasteiger partial charge in [-0.2, -0.15) is 0 Å². The summed E-state index contributed by atoms with van der Waals surface area (Å²) < 4.78 is 27.1. The van der Waals surface area contributed by atoms with Crippen molar-refractivity contribution in [3.63, 3.8) is 0 Å². The molecule has 0 spiro atoms. The Morgan fingerprint density at radius 2 is 1.86 bits per heavy atom. The van der Waals surface area contributed by atoms with E-state index >= 15 is 0 Å². The van der Waals surface area contributed by atoms with Crippen molar-refractivity contribution in [2.45, 2.75) is 43.7 Å². The molecule has 7 heteroatoms. The minimum absolute atomic E-state index is 0.0299. The first kappa shape index (κ1) is 18.7. The number of nitrogens with one attached hydrogen (secondary N) is 2. The van der Waals surface area contributed by atoms with Gasteiger partial charge in [0.1, 0.15) is 11.9 Å². The zero-order valence-corrected chi connectivity index (χ0v) is 16.7. The molecule has 1 heterocycles. The molecule has 1 aliphatic carbocycles. The summed E-state index contributed by atoms with van der Waals surface area (Å²) in [7, 11) is -3.63. The normalized spacial score (nSPS) is 21.8. The lowest BCUT2D eigenvalue weighted by Crippen LogP contribution is -2.39. The van der Waals surface area contributed by atoms with E-state index in [0.29, 0.717) is 5.56 Å². The molecule has 6 nitrogen and oxygen atoms in total. The van der Waals surface area contributed by atoms with Crippen molar-refractivity contribution in [2.75, 3.05) is 0 Å². The van der Waals surface area contributed by atoms with Gasteiger partial charge in [-0.15, -0.1) is 0 Å². The molecule has 0 bridgehead atoms. The number of aliphatic imine (C=N–C) groups is 1. The van der Waals surface area contributed by atoms with Gasteiger partial charge in [0.2, 0.25) is 5.91 Å². The number of rotatable bonds is 4. The highest BCUT2D eigenvalue weighted by Crippen LogP contribution is 2.31. The van der Waals surface area contributed by atoms with Crippen LogP contribution in [-0.4, -0.2) is 26.2 Å². The van der Waals surface area contributed by atoms with Gasteiger partial charge in [0, 0.05) is 5.56 Å². The van der Waals surface area contributed by atoms with Crippen LogP contribution in [0.15, 0.2) is 58.4 Å². The quantitative estimate of drug-likeness (QED) is 0.831. The van der Waals surface area contributed by atoms with E-state index in [1.54, 1.807) is 24.3 Å². The van der Waals surface area contributed by atoms with E-state index < -0.39 is 16.1 Å². The predicted molar refractivity (Wildman–Crippen MR) is 108 cm³/mol. The van der Waals surface area contributed by atoms with Gasteiger partial charge in [0.15, 0.2) is 0 Å². The second-order valence-corrected chi connectivity index (χ2v) is 9.22. The second-order valence-electron chi connectivity index (χ2n) is 7.57. The van der Waals surface area contributed by atoms with E-state index in [-0.39, 0.29) is 28.6 Å². The van der Waals surface area contributed by atoms with E-state index in [1.807, 2.05) is 32.0 Å². The van der Waals surface area contributed by atoms with Crippen LogP contribution < -0.4 is 10.0 Å². The summed E-state index contributed by atoms with van der Waals surface area (Å²) in [4.78, 5) is 17.7. The molecule has 4 rings (SSSR count).